The number of anilines is 1. The van der Waals surface area contributed by atoms with Crippen LogP contribution in [0.4, 0.5) is 5.69 Å². The van der Waals surface area contributed by atoms with Crippen molar-refractivity contribution in [1.29, 1.82) is 0 Å². The fraction of sp³-hybridized carbons (Fsp3) is 0.217. The molecule has 166 valence electrons. The van der Waals surface area contributed by atoms with Crippen molar-refractivity contribution in [1.82, 2.24) is 10.3 Å². The van der Waals surface area contributed by atoms with Crippen LogP contribution in [0.5, 0.6) is 0 Å². The van der Waals surface area contributed by atoms with Gasteiger partial charge in [0.1, 0.15) is 6.04 Å². The molecule has 9 heteroatoms. The molecule has 0 saturated heterocycles. The van der Waals surface area contributed by atoms with Crippen molar-refractivity contribution in [3.8, 4) is 11.1 Å². The largest absolute Gasteiger partial charge is 0.480 e. The van der Waals surface area contributed by atoms with E-state index in [1.165, 1.54) is 23.1 Å². The molecule has 0 radical (unpaired) electrons. The standard InChI is InChI=1S/C23H23N3O4S2/c1-31-10-9-20(23(29)30)26-22(28)18-8-7-16(11-19(18)15-5-3-2-4-6-15)25-21(27)12-17-13-32-14-24-17/h2-8,11,13-14,20H,9-10,12H2,1H3,(H,25,27)(H,26,28)(H,29,30). The van der Waals surface area contributed by atoms with Gasteiger partial charge in [0.25, 0.3) is 5.91 Å². The number of carboxylic acids is 1. The SMILES string of the molecule is CSCCC(NC(=O)c1ccc(NC(=O)Cc2cscn2)cc1-c1ccccc1)C(=O)O. The van der Waals surface area contributed by atoms with Gasteiger partial charge < -0.3 is 15.7 Å². The van der Waals surface area contributed by atoms with E-state index in [0.29, 0.717) is 34.7 Å². The average molecular weight is 470 g/mol. The highest BCUT2D eigenvalue weighted by molar-refractivity contribution is 7.98. The lowest BCUT2D eigenvalue weighted by molar-refractivity contribution is -0.139. The molecular formula is C23H23N3O4S2. The van der Waals surface area contributed by atoms with E-state index in [-0.39, 0.29) is 12.3 Å². The van der Waals surface area contributed by atoms with Crippen molar-refractivity contribution >= 4 is 46.6 Å². The summed E-state index contributed by atoms with van der Waals surface area (Å²) in [6.45, 7) is 0. The number of benzene rings is 2. The summed E-state index contributed by atoms with van der Waals surface area (Å²) < 4.78 is 0. The first-order valence-electron chi connectivity index (χ1n) is 9.87. The molecule has 0 spiro atoms. The number of thioether (sulfide) groups is 1. The summed E-state index contributed by atoms with van der Waals surface area (Å²) in [5, 5.41) is 16.7. The minimum Gasteiger partial charge on any atom is -0.480 e. The molecular weight excluding hydrogens is 446 g/mol. The number of aromatic nitrogens is 1. The number of carbonyl (C=O) groups excluding carboxylic acids is 2. The van der Waals surface area contributed by atoms with Crippen molar-refractivity contribution in [2.45, 2.75) is 18.9 Å². The van der Waals surface area contributed by atoms with Gasteiger partial charge in [-0.1, -0.05) is 30.3 Å². The zero-order chi connectivity index (χ0) is 22.9. The molecule has 2 amide bonds. The molecule has 2 aromatic carbocycles. The van der Waals surface area contributed by atoms with Crippen LogP contribution in [0.15, 0.2) is 59.4 Å². The van der Waals surface area contributed by atoms with Crippen molar-refractivity contribution in [2.24, 2.45) is 0 Å². The maximum Gasteiger partial charge on any atom is 0.326 e. The molecule has 1 atom stereocenters. The van der Waals surface area contributed by atoms with Gasteiger partial charge in [0.2, 0.25) is 5.91 Å². The average Bonchev–Trinajstić information content (AvgIpc) is 3.29. The maximum atomic E-state index is 13.0. The Labute approximate surface area is 194 Å². The van der Waals surface area contributed by atoms with E-state index in [0.717, 1.165) is 5.56 Å². The third-order valence-electron chi connectivity index (χ3n) is 4.67. The molecule has 0 aliphatic rings. The van der Waals surface area contributed by atoms with E-state index in [1.54, 1.807) is 23.7 Å². The van der Waals surface area contributed by atoms with Gasteiger partial charge in [-0.05, 0) is 47.8 Å². The molecule has 3 N–H and O–H groups in total. The molecule has 0 aliphatic heterocycles. The number of hydrogen-bond donors (Lipinski definition) is 3. The van der Waals surface area contributed by atoms with Crippen molar-refractivity contribution in [3.05, 3.63) is 70.7 Å². The number of amides is 2. The topological polar surface area (TPSA) is 108 Å². The van der Waals surface area contributed by atoms with Crippen LogP contribution in [-0.2, 0) is 16.0 Å². The second-order valence-corrected chi connectivity index (χ2v) is 8.68. The lowest BCUT2D eigenvalue weighted by Crippen LogP contribution is -2.41. The van der Waals surface area contributed by atoms with E-state index in [4.69, 9.17) is 0 Å². The number of nitrogens with one attached hydrogen (secondary N) is 2. The molecule has 1 heterocycles. The normalized spacial score (nSPS) is 11.5. The zero-order valence-corrected chi connectivity index (χ0v) is 19.0. The quantitative estimate of drug-likeness (QED) is 0.415. The number of aliphatic carboxylic acids is 1. The molecule has 0 fully saturated rings. The summed E-state index contributed by atoms with van der Waals surface area (Å²) in [5.41, 5.74) is 4.62. The number of rotatable bonds is 10. The minimum absolute atomic E-state index is 0.155. The fourth-order valence-corrected chi connectivity index (χ4v) is 4.13. The molecule has 32 heavy (non-hydrogen) atoms. The second-order valence-electron chi connectivity index (χ2n) is 6.98. The Morgan fingerprint density at radius 3 is 2.59 bits per heavy atom. The number of nitrogens with zero attached hydrogens (tertiary/aromatic N) is 1. The Hall–Kier alpha value is -3.17. The Morgan fingerprint density at radius 2 is 1.94 bits per heavy atom. The van der Waals surface area contributed by atoms with Crippen LogP contribution in [0.2, 0.25) is 0 Å². The first kappa shape index (κ1) is 23.5. The van der Waals surface area contributed by atoms with Crippen molar-refractivity contribution < 1.29 is 19.5 Å². The highest BCUT2D eigenvalue weighted by atomic mass is 32.2. The van der Waals surface area contributed by atoms with E-state index in [2.05, 4.69) is 15.6 Å². The van der Waals surface area contributed by atoms with Gasteiger partial charge in [-0.15, -0.1) is 11.3 Å². The van der Waals surface area contributed by atoms with Gasteiger partial charge in [0.15, 0.2) is 0 Å². The molecule has 1 aromatic heterocycles. The van der Waals surface area contributed by atoms with Crippen LogP contribution in [0.3, 0.4) is 0 Å². The van der Waals surface area contributed by atoms with Crippen LogP contribution in [-0.4, -0.2) is 45.9 Å². The van der Waals surface area contributed by atoms with Crippen LogP contribution in [0.1, 0.15) is 22.5 Å². The Balaban J connectivity index is 1.86. The summed E-state index contributed by atoms with van der Waals surface area (Å²) in [6.07, 6.45) is 2.37. The van der Waals surface area contributed by atoms with Gasteiger partial charge in [0, 0.05) is 16.6 Å². The van der Waals surface area contributed by atoms with E-state index in [9.17, 15) is 19.5 Å². The first-order chi connectivity index (χ1) is 15.5. The van der Waals surface area contributed by atoms with E-state index in [1.807, 2.05) is 42.0 Å². The van der Waals surface area contributed by atoms with Crippen molar-refractivity contribution in [2.75, 3.05) is 17.3 Å². The summed E-state index contributed by atoms with van der Waals surface area (Å²) in [5.74, 6) is -1.14. The zero-order valence-electron chi connectivity index (χ0n) is 17.4. The van der Waals surface area contributed by atoms with Crippen LogP contribution in [0.25, 0.3) is 11.1 Å². The summed E-state index contributed by atoms with van der Waals surface area (Å²) in [4.78, 5) is 41.0. The smallest absolute Gasteiger partial charge is 0.326 e. The van der Waals surface area contributed by atoms with Gasteiger partial charge in [0.05, 0.1) is 17.6 Å². The van der Waals surface area contributed by atoms with E-state index < -0.39 is 17.9 Å². The summed E-state index contributed by atoms with van der Waals surface area (Å²) in [7, 11) is 0. The third kappa shape index (κ3) is 6.41. The molecule has 0 aliphatic carbocycles. The molecule has 7 nitrogen and oxygen atoms in total. The van der Waals surface area contributed by atoms with Crippen LogP contribution < -0.4 is 10.6 Å². The third-order valence-corrected chi connectivity index (χ3v) is 5.95. The van der Waals surface area contributed by atoms with Crippen LogP contribution in [0, 0.1) is 0 Å². The molecule has 3 aromatic rings. The Kier molecular flexibility index (Phi) is 8.41. The monoisotopic (exact) mass is 469 g/mol. The second kappa shape index (κ2) is 11.4. The van der Waals surface area contributed by atoms with Crippen LogP contribution >= 0.6 is 23.1 Å². The Bertz CT molecular complexity index is 1070. The number of thiazole rings is 1. The molecule has 0 bridgehead atoms. The first-order valence-corrected chi connectivity index (χ1v) is 12.2. The molecule has 0 saturated carbocycles. The number of carboxylic acid groups (broad SMARTS) is 1. The minimum atomic E-state index is -1.07. The lowest BCUT2D eigenvalue weighted by atomic mass is 9.98. The highest BCUT2D eigenvalue weighted by Crippen LogP contribution is 2.27. The lowest BCUT2D eigenvalue weighted by Gasteiger charge is -2.17. The number of carbonyl (C=O) groups is 3. The predicted molar refractivity (Wildman–Crippen MR) is 128 cm³/mol. The highest BCUT2D eigenvalue weighted by Gasteiger charge is 2.22. The predicted octanol–water partition coefficient (Wildman–Crippen LogP) is 3.93. The molecule has 3 rings (SSSR count). The fourth-order valence-electron chi connectivity index (χ4n) is 3.10. The van der Waals surface area contributed by atoms with Gasteiger partial charge >= 0.3 is 5.97 Å². The molecule has 1 unspecified atom stereocenters. The van der Waals surface area contributed by atoms with Crippen molar-refractivity contribution in [3.63, 3.8) is 0 Å². The van der Waals surface area contributed by atoms with E-state index >= 15 is 0 Å². The number of hydrogen-bond acceptors (Lipinski definition) is 6. The summed E-state index contributed by atoms with van der Waals surface area (Å²) in [6, 6.07) is 13.3. The Morgan fingerprint density at radius 1 is 1.16 bits per heavy atom. The van der Waals surface area contributed by atoms with Gasteiger partial charge in [-0.25, -0.2) is 9.78 Å². The van der Waals surface area contributed by atoms with Gasteiger partial charge in [-0.2, -0.15) is 11.8 Å². The maximum absolute atomic E-state index is 13.0. The summed E-state index contributed by atoms with van der Waals surface area (Å²) >= 11 is 2.95. The van der Waals surface area contributed by atoms with Gasteiger partial charge in [-0.3, -0.25) is 9.59 Å².